The Morgan fingerprint density at radius 1 is 1.00 bits per heavy atom. The van der Waals surface area contributed by atoms with Gasteiger partial charge in [-0.2, -0.15) is 0 Å². The Morgan fingerprint density at radius 3 is 2.33 bits per heavy atom. The molecule has 1 aliphatic heterocycles. The molecule has 0 aliphatic carbocycles. The monoisotopic (exact) mass is 545 g/mol. The first-order valence-electron chi connectivity index (χ1n) is 12.8. The van der Waals surface area contributed by atoms with E-state index in [9.17, 15) is 19.8 Å². The van der Waals surface area contributed by atoms with Crippen LogP contribution in [-0.2, 0) is 27.2 Å². The van der Waals surface area contributed by atoms with Crippen molar-refractivity contribution in [3.05, 3.63) is 83.0 Å². The van der Waals surface area contributed by atoms with Crippen LogP contribution in [0.2, 0.25) is 0 Å². The summed E-state index contributed by atoms with van der Waals surface area (Å²) in [7, 11) is 4.19. The molecule has 10 nitrogen and oxygen atoms in total. The van der Waals surface area contributed by atoms with Gasteiger partial charge in [-0.25, -0.2) is 4.79 Å². The van der Waals surface area contributed by atoms with Crippen LogP contribution in [0.25, 0.3) is 10.9 Å². The van der Waals surface area contributed by atoms with E-state index < -0.39 is 24.1 Å². The smallest absolute Gasteiger partial charge is 0.328 e. The highest BCUT2D eigenvalue weighted by molar-refractivity contribution is 5.91. The molecule has 5 rings (SSSR count). The van der Waals surface area contributed by atoms with Crippen molar-refractivity contribution in [2.24, 2.45) is 0 Å². The maximum Gasteiger partial charge on any atom is 0.328 e. The Balaban J connectivity index is 1.50. The van der Waals surface area contributed by atoms with Gasteiger partial charge in [-0.05, 0) is 53.4 Å². The van der Waals surface area contributed by atoms with E-state index in [0.29, 0.717) is 12.0 Å². The van der Waals surface area contributed by atoms with E-state index in [0.717, 1.165) is 27.7 Å². The van der Waals surface area contributed by atoms with Gasteiger partial charge in [-0.15, -0.1) is 0 Å². The minimum atomic E-state index is -0.930. The van der Waals surface area contributed by atoms with Crippen LogP contribution in [-0.4, -0.2) is 60.5 Å². The van der Waals surface area contributed by atoms with Gasteiger partial charge in [0, 0.05) is 23.0 Å². The number of ether oxygens (including phenoxy) is 3. The number of esters is 1. The highest BCUT2D eigenvalue weighted by atomic mass is 16.5. The van der Waals surface area contributed by atoms with Crippen LogP contribution < -0.4 is 20.1 Å². The summed E-state index contributed by atoms with van der Waals surface area (Å²) in [6.07, 6.45) is 0.570. The lowest BCUT2D eigenvalue weighted by molar-refractivity contribution is -0.145. The second-order valence-electron chi connectivity index (χ2n) is 9.65. The van der Waals surface area contributed by atoms with E-state index in [-0.39, 0.29) is 35.3 Å². The molecule has 208 valence electrons. The van der Waals surface area contributed by atoms with Crippen molar-refractivity contribution < 1.29 is 34.0 Å². The topological polar surface area (TPSA) is 142 Å². The van der Waals surface area contributed by atoms with Gasteiger partial charge in [0.1, 0.15) is 11.8 Å². The molecule has 2 heterocycles. The highest BCUT2D eigenvalue weighted by Crippen LogP contribution is 2.42. The number of carbonyl (C=O) groups excluding carboxylic acids is 2. The Labute approximate surface area is 230 Å². The average molecular weight is 546 g/mol. The van der Waals surface area contributed by atoms with E-state index in [1.54, 1.807) is 24.3 Å². The predicted octanol–water partition coefficient (Wildman–Crippen LogP) is 3.10. The van der Waals surface area contributed by atoms with Crippen molar-refractivity contribution >= 4 is 22.8 Å². The molecule has 40 heavy (non-hydrogen) atoms. The quantitative estimate of drug-likeness (QED) is 0.213. The van der Waals surface area contributed by atoms with Crippen molar-refractivity contribution in [3.63, 3.8) is 0 Å². The molecule has 3 aromatic carbocycles. The van der Waals surface area contributed by atoms with Gasteiger partial charge < -0.3 is 34.7 Å². The zero-order chi connectivity index (χ0) is 28.4. The SMILES string of the molecule is COC(=O)[C@@H](Cc1ccc(O)cc1)NC(=O)[C@@H]1Cc2c([nH]c3ccccc23)[C@@H](c2cc(OC)c(O)c(OC)c2)N1. The van der Waals surface area contributed by atoms with Gasteiger partial charge >= 0.3 is 5.97 Å². The lowest BCUT2D eigenvalue weighted by Gasteiger charge is -2.32. The van der Waals surface area contributed by atoms with Crippen molar-refractivity contribution in [2.75, 3.05) is 21.3 Å². The third-order valence-corrected chi connectivity index (χ3v) is 7.24. The van der Waals surface area contributed by atoms with Crippen LogP contribution in [0, 0.1) is 0 Å². The summed E-state index contributed by atoms with van der Waals surface area (Å²) in [5, 5.41) is 27.3. The third kappa shape index (κ3) is 5.13. The summed E-state index contributed by atoms with van der Waals surface area (Å²) in [6, 6.07) is 15.6. The molecule has 1 amide bonds. The lowest BCUT2D eigenvalue weighted by atomic mass is 9.89. The van der Waals surface area contributed by atoms with E-state index in [1.807, 2.05) is 24.3 Å². The van der Waals surface area contributed by atoms with Crippen LogP contribution >= 0.6 is 0 Å². The number of phenols is 2. The van der Waals surface area contributed by atoms with Gasteiger partial charge in [0.05, 0.1) is 33.4 Å². The number of hydrogen-bond donors (Lipinski definition) is 5. The minimum Gasteiger partial charge on any atom is -0.508 e. The maximum atomic E-state index is 13.7. The van der Waals surface area contributed by atoms with E-state index in [1.165, 1.54) is 33.5 Å². The van der Waals surface area contributed by atoms with Crippen molar-refractivity contribution in [1.82, 2.24) is 15.6 Å². The van der Waals surface area contributed by atoms with E-state index in [2.05, 4.69) is 15.6 Å². The number of para-hydroxylation sites is 1. The van der Waals surface area contributed by atoms with Gasteiger partial charge in [-0.3, -0.25) is 10.1 Å². The fourth-order valence-electron chi connectivity index (χ4n) is 5.22. The summed E-state index contributed by atoms with van der Waals surface area (Å²) < 4.78 is 15.7. The van der Waals surface area contributed by atoms with Crippen LogP contribution in [0.3, 0.4) is 0 Å². The number of rotatable bonds is 8. The molecule has 0 saturated carbocycles. The zero-order valence-corrected chi connectivity index (χ0v) is 22.4. The fraction of sp³-hybridized carbons (Fsp3) is 0.267. The molecule has 1 aliphatic rings. The number of carbonyl (C=O) groups is 2. The van der Waals surface area contributed by atoms with Crippen molar-refractivity contribution in [1.29, 1.82) is 0 Å². The molecule has 1 aromatic heterocycles. The Hall–Kier alpha value is -4.70. The molecule has 0 radical (unpaired) electrons. The Kier molecular flexibility index (Phi) is 7.52. The minimum absolute atomic E-state index is 0.108. The summed E-state index contributed by atoms with van der Waals surface area (Å²) >= 11 is 0. The predicted molar refractivity (Wildman–Crippen MR) is 148 cm³/mol. The average Bonchev–Trinajstić information content (AvgIpc) is 3.35. The summed E-state index contributed by atoms with van der Waals surface area (Å²) in [5.41, 5.74) is 4.25. The molecular formula is C30H31N3O7. The van der Waals surface area contributed by atoms with Gasteiger partial charge in [0.25, 0.3) is 0 Å². The first-order chi connectivity index (χ1) is 19.3. The number of aromatic amines is 1. The molecule has 0 fully saturated rings. The first-order valence-corrected chi connectivity index (χ1v) is 12.8. The third-order valence-electron chi connectivity index (χ3n) is 7.24. The molecule has 10 heteroatoms. The second kappa shape index (κ2) is 11.2. The van der Waals surface area contributed by atoms with Crippen LogP contribution in [0.4, 0.5) is 0 Å². The van der Waals surface area contributed by atoms with Gasteiger partial charge in [-0.1, -0.05) is 30.3 Å². The number of methoxy groups -OCH3 is 3. The Morgan fingerprint density at radius 2 is 1.68 bits per heavy atom. The molecule has 0 saturated heterocycles. The fourth-order valence-corrected chi connectivity index (χ4v) is 5.22. The molecule has 0 bridgehead atoms. The second-order valence-corrected chi connectivity index (χ2v) is 9.65. The summed E-state index contributed by atoms with van der Waals surface area (Å²) in [4.78, 5) is 29.8. The number of amides is 1. The zero-order valence-electron chi connectivity index (χ0n) is 22.4. The number of phenolic OH excluding ortho intramolecular Hbond substituents is 2. The number of nitrogens with one attached hydrogen (secondary N) is 3. The summed E-state index contributed by atoms with van der Waals surface area (Å²) in [6.45, 7) is 0. The number of benzene rings is 3. The number of hydrogen-bond acceptors (Lipinski definition) is 8. The van der Waals surface area contributed by atoms with E-state index in [4.69, 9.17) is 14.2 Å². The van der Waals surface area contributed by atoms with Gasteiger partial charge in [0.15, 0.2) is 11.5 Å². The molecule has 3 atom stereocenters. The molecule has 0 unspecified atom stereocenters. The summed E-state index contributed by atoms with van der Waals surface area (Å²) in [5.74, 6) is -0.481. The lowest BCUT2D eigenvalue weighted by Crippen LogP contribution is -2.54. The largest absolute Gasteiger partial charge is 0.508 e. The van der Waals surface area contributed by atoms with Crippen molar-refractivity contribution in [3.8, 4) is 23.0 Å². The normalized spacial score (nSPS) is 17.1. The first kappa shape index (κ1) is 26.9. The van der Waals surface area contributed by atoms with E-state index >= 15 is 0 Å². The molecule has 4 aromatic rings. The maximum absolute atomic E-state index is 13.7. The van der Waals surface area contributed by atoms with Crippen molar-refractivity contribution in [2.45, 2.75) is 31.0 Å². The van der Waals surface area contributed by atoms with Crippen LogP contribution in [0.5, 0.6) is 23.0 Å². The number of fused-ring (bicyclic) bond motifs is 3. The van der Waals surface area contributed by atoms with Crippen LogP contribution in [0.1, 0.15) is 28.4 Å². The highest BCUT2D eigenvalue weighted by Gasteiger charge is 2.36. The molecule has 5 N–H and O–H groups in total. The van der Waals surface area contributed by atoms with Gasteiger partial charge in [0.2, 0.25) is 11.7 Å². The number of aromatic hydroxyl groups is 2. The number of aromatic nitrogens is 1. The molecular weight excluding hydrogens is 514 g/mol. The molecule has 0 spiro atoms. The number of H-pyrrole nitrogens is 1. The van der Waals surface area contributed by atoms with Crippen LogP contribution in [0.15, 0.2) is 60.7 Å². The Bertz CT molecular complexity index is 1520. The standard InChI is InChI=1S/C30H31N3O7/c1-38-24-13-17(14-25(39-2)28(24)35)26-27-20(19-6-4-5-7-21(19)31-27)15-22(32-26)29(36)33-23(30(37)40-3)12-16-8-10-18(34)11-9-16/h4-11,13-14,22-23,26,31-32,34-35H,12,15H2,1-3H3,(H,33,36)/t22-,23+,26+/m0/s1.